The average Bonchev–Trinajstić information content (AvgIpc) is 3.06. The van der Waals surface area contributed by atoms with E-state index >= 15 is 0 Å². The van der Waals surface area contributed by atoms with Gasteiger partial charge in [-0.1, -0.05) is 22.0 Å². The number of hydrogen-bond donors (Lipinski definition) is 1. The number of aromatic nitrogens is 3. The van der Waals surface area contributed by atoms with Gasteiger partial charge in [-0.2, -0.15) is 0 Å². The standard InChI is InChI=1S/C21H25Br2N5O3/c1-21(2,3)31-20(29)27(11-12-30-16-6-4-5-15(22)13-16)10-9-24-18-7-8-19-25-14-17(23)28(19)26-18/h4-8,13-14H,9-12H2,1-3H3,(H,24,26). The van der Waals surface area contributed by atoms with Crippen LogP contribution in [0.1, 0.15) is 20.8 Å². The topological polar surface area (TPSA) is 81.0 Å². The lowest BCUT2D eigenvalue weighted by molar-refractivity contribution is 0.0234. The highest BCUT2D eigenvalue weighted by Crippen LogP contribution is 2.18. The molecule has 0 aliphatic rings. The van der Waals surface area contributed by atoms with Gasteiger partial charge in [0.2, 0.25) is 0 Å². The molecule has 1 aromatic carbocycles. The number of hydrogen-bond acceptors (Lipinski definition) is 6. The van der Waals surface area contributed by atoms with Gasteiger partial charge in [0.15, 0.2) is 5.65 Å². The molecule has 1 N–H and O–H groups in total. The highest BCUT2D eigenvalue weighted by atomic mass is 79.9. The van der Waals surface area contributed by atoms with Crippen molar-refractivity contribution >= 4 is 49.4 Å². The quantitative estimate of drug-likeness (QED) is 0.423. The number of amides is 1. The number of carbonyl (C=O) groups is 1. The third kappa shape index (κ3) is 7.10. The molecule has 3 aromatic rings. The summed E-state index contributed by atoms with van der Waals surface area (Å²) in [6, 6.07) is 11.3. The van der Waals surface area contributed by atoms with E-state index in [-0.39, 0.29) is 6.09 Å². The molecule has 31 heavy (non-hydrogen) atoms. The summed E-state index contributed by atoms with van der Waals surface area (Å²) < 4.78 is 14.7. The van der Waals surface area contributed by atoms with Crippen molar-refractivity contribution in [2.45, 2.75) is 26.4 Å². The summed E-state index contributed by atoms with van der Waals surface area (Å²) in [7, 11) is 0. The van der Waals surface area contributed by atoms with Crippen molar-refractivity contribution in [3.63, 3.8) is 0 Å². The number of nitrogens with one attached hydrogen (secondary N) is 1. The lowest BCUT2D eigenvalue weighted by Gasteiger charge is -2.27. The molecule has 0 bridgehead atoms. The first kappa shape index (κ1) is 23.3. The molecule has 0 atom stereocenters. The number of nitrogens with zero attached hydrogens (tertiary/aromatic N) is 4. The van der Waals surface area contributed by atoms with E-state index < -0.39 is 5.60 Å². The van der Waals surface area contributed by atoms with Crippen molar-refractivity contribution in [3.05, 3.63) is 51.7 Å². The molecule has 3 rings (SSSR count). The van der Waals surface area contributed by atoms with Crippen molar-refractivity contribution in [3.8, 4) is 5.75 Å². The van der Waals surface area contributed by atoms with Gasteiger partial charge in [0.05, 0.1) is 12.7 Å². The van der Waals surface area contributed by atoms with E-state index in [1.807, 2.05) is 57.2 Å². The third-order valence-corrected chi connectivity index (χ3v) is 5.12. The van der Waals surface area contributed by atoms with Gasteiger partial charge in [0, 0.05) is 17.6 Å². The summed E-state index contributed by atoms with van der Waals surface area (Å²) >= 11 is 6.84. The van der Waals surface area contributed by atoms with E-state index in [1.165, 1.54) is 0 Å². The Labute approximate surface area is 198 Å². The minimum atomic E-state index is -0.575. The van der Waals surface area contributed by atoms with Crippen molar-refractivity contribution in [1.82, 2.24) is 19.5 Å². The highest BCUT2D eigenvalue weighted by Gasteiger charge is 2.22. The Morgan fingerprint density at radius 2 is 2.00 bits per heavy atom. The normalized spacial score (nSPS) is 11.4. The monoisotopic (exact) mass is 553 g/mol. The number of ether oxygens (including phenoxy) is 2. The number of carbonyl (C=O) groups excluding carboxylic acids is 1. The first-order valence-electron chi connectivity index (χ1n) is 9.82. The number of rotatable bonds is 8. The van der Waals surface area contributed by atoms with Crippen LogP contribution in [-0.2, 0) is 4.74 Å². The maximum absolute atomic E-state index is 12.7. The summed E-state index contributed by atoms with van der Waals surface area (Å²) in [5, 5.41) is 7.72. The van der Waals surface area contributed by atoms with Crippen molar-refractivity contribution in [2.75, 3.05) is 31.6 Å². The van der Waals surface area contributed by atoms with Crippen LogP contribution in [0, 0.1) is 0 Å². The maximum Gasteiger partial charge on any atom is 0.410 e. The Balaban J connectivity index is 1.58. The second-order valence-electron chi connectivity index (χ2n) is 7.77. The molecule has 0 radical (unpaired) electrons. The average molecular weight is 555 g/mol. The van der Waals surface area contributed by atoms with Crippen LogP contribution >= 0.6 is 31.9 Å². The van der Waals surface area contributed by atoms with E-state index in [0.29, 0.717) is 32.1 Å². The van der Waals surface area contributed by atoms with Crippen LogP contribution in [0.15, 0.2) is 51.7 Å². The Bertz CT molecular complexity index is 1040. The Morgan fingerprint density at radius 1 is 1.19 bits per heavy atom. The zero-order valence-corrected chi connectivity index (χ0v) is 20.8. The molecule has 0 aliphatic heterocycles. The molecule has 10 heteroatoms. The zero-order valence-electron chi connectivity index (χ0n) is 17.6. The van der Waals surface area contributed by atoms with Gasteiger partial charge in [-0.15, -0.1) is 5.10 Å². The van der Waals surface area contributed by atoms with Gasteiger partial charge < -0.3 is 19.7 Å². The summed E-state index contributed by atoms with van der Waals surface area (Å²) in [4.78, 5) is 18.5. The molecular weight excluding hydrogens is 530 g/mol. The summed E-state index contributed by atoms with van der Waals surface area (Å²) in [6.07, 6.45) is 1.31. The van der Waals surface area contributed by atoms with Crippen molar-refractivity contribution < 1.29 is 14.3 Å². The van der Waals surface area contributed by atoms with E-state index in [1.54, 1.807) is 15.6 Å². The third-order valence-electron chi connectivity index (χ3n) is 4.09. The molecule has 0 saturated heterocycles. The SMILES string of the molecule is CC(C)(C)OC(=O)N(CCNc1ccc2ncc(Br)n2n1)CCOc1cccc(Br)c1. The second-order valence-corrected chi connectivity index (χ2v) is 9.50. The smallest absolute Gasteiger partial charge is 0.410 e. The van der Waals surface area contributed by atoms with Gasteiger partial charge in [-0.25, -0.2) is 14.3 Å². The van der Waals surface area contributed by atoms with Crippen LogP contribution in [0.4, 0.5) is 10.6 Å². The fourth-order valence-corrected chi connectivity index (χ4v) is 3.45. The van der Waals surface area contributed by atoms with Crippen LogP contribution < -0.4 is 10.1 Å². The molecule has 0 saturated carbocycles. The van der Waals surface area contributed by atoms with E-state index in [4.69, 9.17) is 9.47 Å². The van der Waals surface area contributed by atoms with E-state index in [0.717, 1.165) is 20.5 Å². The van der Waals surface area contributed by atoms with Crippen LogP contribution in [0.5, 0.6) is 5.75 Å². The lowest BCUT2D eigenvalue weighted by atomic mass is 10.2. The molecule has 166 valence electrons. The first-order valence-corrected chi connectivity index (χ1v) is 11.4. The van der Waals surface area contributed by atoms with Gasteiger partial charge in [0.1, 0.15) is 28.4 Å². The number of halogens is 2. The van der Waals surface area contributed by atoms with Gasteiger partial charge in [0.25, 0.3) is 0 Å². The molecule has 0 unspecified atom stereocenters. The molecule has 0 spiro atoms. The van der Waals surface area contributed by atoms with Crippen LogP contribution in [0.25, 0.3) is 5.65 Å². The molecule has 0 fully saturated rings. The molecule has 1 amide bonds. The Hall–Kier alpha value is -2.33. The molecule has 2 aromatic heterocycles. The zero-order chi connectivity index (χ0) is 22.4. The lowest BCUT2D eigenvalue weighted by Crippen LogP contribution is -2.41. The summed E-state index contributed by atoms with van der Waals surface area (Å²) in [5.41, 5.74) is 0.172. The summed E-state index contributed by atoms with van der Waals surface area (Å²) in [5.74, 6) is 1.42. The summed E-state index contributed by atoms with van der Waals surface area (Å²) in [6.45, 7) is 7.22. The van der Waals surface area contributed by atoms with Crippen LogP contribution in [-0.4, -0.2) is 57.4 Å². The first-order chi connectivity index (χ1) is 14.7. The van der Waals surface area contributed by atoms with Crippen molar-refractivity contribution in [1.29, 1.82) is 0 Å². The molecular formula is C21H25Br2N5O3. The van der Waals surface area contributed by atoms with Gasteiger partial charge in [-0.3, -0.25) is 0 Å². The predicted molar refractivity (Wildman–Crippen MR) is 127 cm³/mol. The Morgan fingerprint density at radius 3 is 2.74 bits per heavy atom. The second kappa shape index (κ2) is 10.3. The number of imidazole rings is 1. The molecule has 0 aliphatic carbocycles. The van der Waals surface area contributed by atoms with Gasteiger partial charge in [-0.05, 0) is 67.0 Å². The number of benzene rings is 1. The maximum atomic E-state index is 12.7. The fourth-order valence-electron chi connectivity index (χ4n) is 2.71. The van der Waals surface area contributed by atoms with E-state index in [9.17, 15) is 4.79 Å². The predicted octanol–water partition coefficient (Wildman–Crippen LogP) is 4.98. The van der Waals surface area contributed by atoms with Crippen LogP contribution in [0.2, 0.25) is 0 Å². The van der Waals surface area contributed by atoms with Crippen molar-refractivity contribution in [2.24, 2.45) is 0 Å². The highest BCUT2D eigenvalue weighted by molar-refractivity contribution is 9.10. The fraction of sp³-hybridized carbons (Fsp3) is 0.381. The Kier molecular flexibility index (Phi) is 7.77. The minimum Gasteiger partial charge on any atom is -0.492 e. The number of anilines is 1. The van der Waals surface area contributed by atoms with Gasteiger partial charge >= 0.3 is 6.09 Å². The van der Waals surface area contributed by atoms with Crippen LogP contribution in [0.3, 0.4) is 0 Å². The minimum absolute atomic E-state index is 0.349. The molecule has 8 nitrogen and oxygen atoms in total. The number of fused-ring (bicyclic) bond motifs is 1. The molecule has 2 heterocycles. The van der Waals surface area contributed by atoms with E-state index in [2.05, 4.69) is 47.3 Å². The largest absolute Gasteiger partial charge is 0.492 e.